The van der Waals surface area contributed by atoms with Crippen LogP contribution in [-0.4, -0.2) is 69.6 Å². The number of halogens is 1. The van der Waals surface area contributed by atoms with Crippen LogP contribution in [0.3, 0.4) is 0 Å². The minimum Gasteiger partial charge on any atom is -0.356 e. The molecule has 1 rings (SSSR count). The summed E-state index contributed by atoms with van der Waals surface area (Å²) in [5, 5.41) is 3.36. The summed E-state index contributed by atoms with van der Waals surface area (Å²) in [6.07, 6.45) is 2.04. The number of sulfonamides is 1. The van der Waals surface area contributed by atoms with Crippen molar-refractivity contribution in [2.75, 3.05) is 46.0 Å². The Kier molecular flexibility index (Phi) is 10.7. The summed E-state index contributed by atoms with van der Waals surface area (Å²) in [7, 11) is 0.371. The molecule has 2 atom stereocenters. The van der Waals surface area contributed by atoms with Crippen molar-refractivity contribution in [3.8, 4) is 0 Å². The Morgan fingerprint density at radius 1 is 1.30 bits per heavy atom. The van der Waals surface area contributed by atoms with Crippen molar-refractivity contribution in [1.29, 1.82) is 0 Å². The van der Waals surface area contributed by atoms with Gasteiger partial charge in [0, 0.05) is 40.3 Å². The fourth-order valence-corrected chi connectivity index (χ4v) is 3.88. The molecule has 0 saturated carbocycles. The molecule has 0 spiro atoms. The first kappa shape index (κ1) is 22.9. The lowest BCUT2D eigenvalue weighted by Crippen LogP contribution is -2.48. The third-order valence-corrected chi connectivity index (χ3v) is 6.01. The van der Waals surface area contributed by atoms with Gasteiger partial charge >= 0.3 is 0 Å². The zero-order valence-electron chi connectivity index (χ0n) is 15.1. The van der Waals surface area contributed by atoms with Gasteiger partial charge in [0.25, 0.3) is 0 Å². The third kappa shape index (κ3) is 7.55. The number of guanidine groups is 1. The minimum absolute atomic E-state index is 0. The van der Waals surface area contributed by atoms with Crippen LogP contribution in [0.25, 0.3) is 0 Å². The molecule has 0 radical (unpaired) electrons. The standard InChI is InChI=1S/C15H32N4O2S.HI/c1-6-22(20,21)18(5)9-7-8-17-15(16-4)19-11-13(2)10-14(3)12-19;/h13-14H,6-12H2,1-5H3,(H,16,17);1H. The molecular formula is C15H33IN4O2S. The Hall–Kier alpha value is -0.0900. The predicted molar refractivity (Wildman–Crippen MR) is 108 cm³/mol. The van der Waals surface area contributed by atoms with Crippen LogP contribution in [0.15, 0.2) is 4.99 Å². The highest BCUT2D eigenvalue weighted by molar-refractivity contribution is 14.0. The molecule has 138 valence electrons. The number of nitrogens with zero attached hydrogens (tertiary/aromatic N) is 3. The van der Waals surface area contributed by atoms with E-state index in [1.807, 2.05) is 0 Å². The van der Waals surface area contributed by atoms with Crippen LogP contribution < -0.4 is 5.32 Å². The van der Waals surface area contributed by atoms with Crippen LogP contribution in [-0.2, 0) is 10.0 Å². The Morgan fingerprint density at radius 3 is 2.35 bits per heavy atom. The molecule has 0 bridgehead atoms. The summed E-state index contributed by atoms with van der Waals surface area (Å²) < 4.78 is 24.8. The fourth-order valence-electron chi connectivity index (χ4n) is 3.03. The van der Waals surface area contributed by atoms with Gasteiger partial charge in [-0.25, -0.2) is 12.7 Å². The molecule has 0 amide bonds. The van der Waals surface area contributed by atoms with Crippen LogP contribution in [0.4, 0.5) is 0 Å². The lowest BCUT2D eigenvalue weighted by molar-refractivity contribution is 0.208. The van der Waals surface area contributed by atoms with Crippen molar-refractivity contribution in [3.63, 3.8) is 0 Å². The van der Waals surface area contributed by atoms with E-state index in [9.17, 15) is 8.42 Å². The molecule has 23 heavy (non-hydrogen) atoms. The average molecular weight is 460 g/mol. The van der Waals surface area contributed by atoms with Gasteiger partial charge in [0.1, 0.15) is 0 Å². The van der Waals surface area contributed by atoms with Gasteiger partial charge in [0.2, 0.25) is 10.0 Å². The predicted octanol–water partition coefficient (Wildman–Crippen LogP) is 1.83. The second kappa shape index (κ2) is 10.7. The smallest absolute Gasteiger partial charge is 0.213 e. The van der Waals surface area contributed by atoms with Crippen molar-refractivity contribution in [2.24, 2.45) is 16.8 Å². The average Bonchev–Trinajstić information content (AvgIpc) is 2.45. The van der Waals surface area contributed by atoms with Gasteiger partial charge in [-0.3, -0.25) is 4.99 Å². The van der Waals surface area contributed by atoms with E-state index in [0.717, 1.165) is 32.0 Å². The number of hydrogen-bond acceptors (Lipinski definition) is 3. The molecule has 0 aromatic rings. The van der Waals surface area contributed by atoms with Gasteiger partial charge in [0.15, 0.2) is 5.96 Å². The van der Waals surface area contributed by atoms with Gasteiger partial charge < -0.3 is 10.2 Å². The Labute approximate surface area is 159 Å². The van der Waals surface area contributed by atoms with E-state index in [0.29, 0.717) is 18.4 Å². The largest absolute Gasteiger partial charge is 0.356 e. The zero-order valence-corrected chi connectivity index (χ0v) is 18.2. The molecule has 1 fully saturated rings. The summed E-state index contributed by atoms with van der Waals surface area (Å²) in [4.78, 5) is 6.67. The van der Waals surface area contributed by atoms with Gasteiger partial charge in [-0.2, -0.15) is 0 Å². The molecule has 1 heterocycles. The van der Waals surface area contributed by atoms with Crippen molar-refractivity contribution in [1.82, 2.24) is 14.5 Å². The maximum Gasteiger partial charge on any atom is 0.213 e. The summed E-state index contributed by atoms with van der Waals surface area (Å²) in [6, 6.07) is 0. The highest BCUT2D eigenvalue weighted by atomic mass is 127. The second-order valence-electron chi connectivity index (χ2n) is 6.40. The molecular weight excluding hydrogens is 427 g/mol. The summed E-state index contributed by atoms with van der Waals surface area (Å²) in [5.74, 6) is 2.45. The van der Waals surface area contributed by atoms with Crippen molar-refractivity contribution in [3.05, 3.63) is 0 Å². The zero-order chi connectivity index (χ0) is 16.8. The van der Waals surface area contributed by atoms with Gasteiger partial charge in [0.05, 0.1) is 5.75 Å². The summed E-state index contributed by atoms with van der Waals surface area (Å²) in [6.45, 7) is 9.57. The van der Waals surface area contributed by atoms with Crippen LogP contribution in [0.2, 0.25) is 0 Å². The Bertz CT molecular complexity index is 460. The first-order valence-corrected chi connectivity index (χ1v) is 9.80. The minimum atomic E-state index is -3.07. The van der Waals surface area contributed by atoms with Crippen molar-refractivity contribution < 1.29 is 8.42 Å². The normalized spacial score (nSPS) is 22.9. The molecule has 1 aliphatic rings. The SMILES string of the molecule is CCS(=O)(=O)N(C)CCCNC(=NC)N1CC(C)CC(C)C1.I. The number of rotatable bonds is 6. The van der Waals surface area contributed by atoms with Crippen LogP contribution in [0.1, 0.15) is 33.6 Å². The first-order chi connectivity index (χ1) is 10.3. The lowest BCUT2D eigenvalue weighted by atomic mass is 9.92. The molecule has 2 unspecified atom stereocenters. The molecule has 0 aliphatic carbocycles. The molecule has 1 saturated heterocycles. The van der Waals surface area contributed by atoms with Crippen LogP contribution in [0.5, 0.6) is 0 Å². The Balaban J connectivity index is 0.00000484. The topological polar surface area (TPSA) is 65.0 Å². The van der Waals surface area contributed by atoms with E-state index in [1.54, 1.807) is 21.0 Å². The number of piperidine rings is 1. The Morgan fingerprint density at radius 2 is 1.87 bits per heavy atom. The second-order valence-corrected chi connectivity index (χ2v) is 8.77. The van der Waals surface area contributed by atoms with Gasteiger partial charge in [-0.05, 0) is 31.6 Å². The maximum absolute atomic E-state index is 11.7. The molecule has 0 aromatic heterocycles. The monoisotopic (exact) mass is 460 g/mol. The molecule has 6 nitrogen and oxygen atoms in total. The summed E-state index contributed by atoms with van der Waals surface area (Å²) in [5.41, 5.74) is 0. The van der Waals surface area contributed by atoms with Crippen molar-refractivity contribution in [2.45, 2.75) is 33.6 Å². The van der Waals surface area contributed by atoms with E-state index in [-0.39, 0.29) is 29.7 Å². The van der Waals surface area contributed by atoms with Gasteiger partial charge in [-0.15, -0.1) is 24.0 Å². The number of hydrogen-bond donors (Lipinski definition) is 1. The third-order valence-electron chi connectivity index (χ3n) is 4.15. The maximum atomic E-state index is 11.7. The van der Waals surface area contributed by atoms with Crippen LogP contribution >= 0.6 is 24.0 Å². The molecule has 0 aromatic carbocycles. The summed E-state index contributed by atoms with van der Waals surface area (Å²) >= 11 is 0. The molecule has 1 aliphatic heterocycles. The van der Waals surface area contributed by atoms with E-state index in [1.165, 1.54) is 10.7 Å². The van der Waals surface area contributed by atoms with E-state index >= 15 is 0 Å². The van der Waals surface area contributed by atoms with E-state index < -0.39 is 10.0 Å². The number of aliphatic imine (C=N–C) groups is 1. The van der Waals surface area contributed by atoms with E-state index in [4.69, 9.17) is 0 Å². The lowest BCUT2D eigenvalue weighted by Gasteiger charge is -2.37. The first-order valence-electron chi connectivity index (χ1n) is 8.19. The van der Waals surface area contributed by atoms with Gasteiger partial charge in [-0.1, -0.05) is 13.8 Å². The fraction of sp³-hybridized carbons (Fsp3) is 0.933. The highest BCUT2D eigenvalue weighted by Crippen LogP contribution is 2.20. The molecule has 1 N–H and O–H groups in total. The van der Waals surface area contributed by atoms with Crippen LogP contribution in [0, 0.1) is 11.8 Å². The quantitative estimate of drug-likeness (QED) is 0.284. The van der Waals surface area contributed by atoms with Crippen molar-refractivity contribution >= 4 is 40.0 Å². The number of nitrogens with one attached hydrogen (secondary N) is 1. The molecule has 8 heteroatoms. The van der Waals surface area contributed by atoms with E-state index in [2.05, 4.69) is 29.1 Å². The highest BCUT2D eigenvalue weighted by Gasteiger charge is 2.23. The number of likely N-dealkylation sites (tertiary alicyclic amines) is 1.